The fourth-order valence-electron chi connectivity index (χ4n) is 4.35. The molecule has 2 fully saturated rings. The Morgan fingerprint density at radius 1 is 1.28 bits per heavy atom. The molecule has 0 N–H and O–H groups in total. The van der Waals surface area contributed by atoms with Crippen molar-refractivity contribution in [2.24, 2.45) is 0 Å². The van der Waals surface area contributed by atoms with E-state index in [4.69, 9.17) is 0 Å². The van der Waals surface area contributed by atoms with Gasteiger partial charge in [0.15, 0.2) is 0 Å². The van der Waals surface area contributed by atoms with Gasteiger partial charge >= 0.3 is 0 Å². The standard InChI is InChI=1S/C19H26N2O3S/c1-2-3-13-25(23,24)21-12-6-9-17(21)18(22)20-14-19(10-11-19)15-7-4-5-8-16(15)20/h4-5,7-8,17H,2-3,6,9-14H2,1H3/t17-/m1/s1. The number of hydrogen-bond donors (Lipinski definition) is 0. The van der Waals surface area contributed by atoms with Crippen LogP contribution in [-0.2, 0) is 20.2 Å². The molecule has 1 spiro atoms. The fraction of sp³-hybridized carbons (Fsp3) is 0.632. The third-order valence-corrected chi connectivity index (χ3v) is 7.90. The summed E-state index contributed by atoms with van der Waals surface area (Å²) in [5.41, 5.74) is 2.39. The number of fused-ring (bicyclic) bond motifs is 2. The Hall–Kier alpha value is -1.40. The van der Waals surface area contributed by atoms with E-state index in [9.17, 15) is 13.2 Å². The van der Waals surface area contributed by atoms with Crippen LogP contribution in [0.1, 0.15) is 51.0 Å². The Kier molecular flexibility index (Phi) is 4.15. The minimum Gasteiger partial charge on any atom is -0.310 e. The largest absolute Gasteiger partial charge is 0.310 e. The first-order valence-electron chi connectivity index (χ1n) is 9.39. The molecule has 3 aliphatic rings. The average molecular weight is 362 g/mol. The topological polar surface area (TPSA) is 57.7 Å². The zero-order chi connectivity index (χ0) is 17.7. The highest BCUT2D eigenvalue weighted by Gasteiger charge is 2.54. The summed E-state index contributed by atoms with van der Waals surface area (Å²) in [5, 5.41) is 0. The molecule has 1 aromatic carbocycles. The number of amides is 1. The minimum atomic E-state index is -3.35. The van der Waals surface area contributed by atoms with E-state index in [2.05, 4.69) is 6.07 Å². The van der Waals surface area contributed by atoms with E-state index in [-0.39, 0.29) is 17.1 Å². The van der Waals surface area contributed by atoms with Crippen molar-refractivity contribution in [3.05, 3.63) is 29.8 Å². The van der Waals surface area contributed by atoms with Gasteiger partial charge in [0.25, 0.3) is 0 Å². The summed E-state index contributed by atoms with van der Waals surface area (Å²) in [7, 11) is -3.35. The van der Waals surface area contributed by atoms with Crippen molar-refractivity contribution >= 4 is 21.6 Å². The Labute approximate surface area is 150 Å². The number of carbonyl (C=O) groups is 1. The van der Waals surface area contributed by atoms with Gasteiger partial charge in [0, 0.05) is 24.2 Å². The number of unbranched alkanes of at least 4 members (excludes halogenated alkanes) is 1. The van der Waals surface area contributed by atoms with Gasteiger partial charge < -0.3 is 4.90 Å². The molecular weight excluding hydrogens is 336 g/mol. The average Bonchev–Trinajstić information content (AvgIpc) is 3.07. The maximum atomic E-state index is 13.3. The van der Waals surface area contributed by atoms with Crippen LogP contribution in [0, 0.1) is 0 Å². The van der Waals surface area contributed by atoms with Crippen molar-refractivity contribution in [2.45, 2.75) is 56.9 Å². The summed E-state index contributed by atoms with van der Waals surface area (Å²) in [6.07, 6.45) is 5.13. The molecule has 6 heteroatoms. The number of para-hydroxylation sites is 1. The molecule has 0 radical (unpaired) electrons. The molecular formula is C19H26N2O3S. The third-order valence-electron chi connectivity index (χ3n) is 5.95. The Morgan fingerprint density at radius 2 is 2.04 bits per heavy atom. The highest BCUT2D eigenvalue weighted by Crippen LogP contribution is 2.56. The molecule has 0 unspecified atom stereocenters. The highest BCUT2D eigenvalue weighted by atomic mass is 32.2. The lowest BCUT2D eigenvalue weighted by atomic mass is 9.99. The van der Waals surface area contributed by atoms with E-state index >= 15 is 0 Å². The number of benzene rings is 1. The zero-order valence-corrected chi connectivity index (χ0v) is 15.6. The maximum Gasteiger partial charge on any atom is 0.245 e. The third kappa shape index (κ3) is 2.79. The molecule has 1 amide bonds. The lowest BCUT2D eigenvalue weighted by molar-refractivity contribution is -0.121. The first kappa shape index (κ1) is 17.0. The van der Waals surface area contributed by atoms with E-state index in [1.54, 1.807) is 0 Å². The first-order valence-corrected chi connectivity index (χ1v) is 11.0. The maximum absolute atomic E-state index is 13.3. The molecule has 136 valence electrons. The van der Waals surface area contributed by atoms with Crippen LogP contribution in [0.25, 0.3) is 0 Å². The molecule has 1 saturated heterocycles. The molecule has 2 aliphatic heterocycles. The van der Waals surface area contributed by atoms with E-state index in [1.165, 1.54) is 9.87 Å². The van der Waals surface area contributed by atoms with Crippen molar-refractivity contribution in [3.8, 4) is 0 Å². The number of nitrogens with zero attached hydrogens (tertiary/aromatic N) is 2. The lowest BCUT2D eigenvalue weighted by Crippen LogP contribution is -2.48. The predicted octanol–water partition coefficient (Wildman–Crippen LogP) is 2.66. The number of carbonyl (C=O) groups excluding carboxylic acids is 1. The van der Waals surface area contributed by atoms with E-state index in [0.29, 0.717) is 25.9 Å². The van der Waals surface area contributed by atoms with Crippen molar-refractivity contribution in [1.29, 1.82) is 0 Å². The summed E-state index contributed by atoms with van der Waals surface area (Å²) in [4.78, 5) is 15.1. The molecule has 1 saturated carbocycles. The van der Waals surface area contributed by atoms with Crippen molar-refractivity contribution in [3.63, 3.8) is 0 Å². The van der Waals surface area contributed by atoms with Crippen LogP contribution in [-0.4, -0.2) is 43.5 Å². The van der Waals surface area contributed by atoms with Crippen molar-refractivity contribution in [1.82, 2.24) is 4.31 Å². The van der Waals surface area contributed by atoms with Crippen LogP contribution in [0.5, 0.6) is 0 Å². The Balaban J connectivity index is 1.59. The van der Waals surface area contributed by atoms with Gasteiger partial charge in [-0.1, -0.05) is 31.5 Å². The molecule has 0 bridgehead atoms. The van der Waals surface area contributed by atoms with Crippen LogP contribution >= 0.6 is 0 Å². The molecule has 2 heterocycles. The molecule has 4 rings (SSSR count). The quantitative estimate of drug-likeness (QED) is 0.809. The van der Waals surface area contributed by atoms with Gasteiger partial charge in [-0.25, -0.2) is 8.42 Å². The summed E-state index contributed by atoms with van der Waals surface area (Å²) >= 11 is 0. The van der Waals surface area contributed by atoms with Crippen LogP contribution < -0.4 is 4.90 Å². The van der Waals surface area contributed by atoms with E-state index < -0.39 is 16.1 Å². The number of anilines is 1. The molecule has 0 aromatic heterocycles. The minimum absolute atomic E-state index is 0.0335. The second-order valence-corrected chi connectivity index (χ2v) is 9.70. The van der Waals surface area contributed by atoms with Crippen LogP contribution in [0.3, 0.4) is 0 Å². The molecule has 5 nitrogen and oxygen atoms in total. The Bertz CT molecular complexity index is 786. The highest BCUT2D eigenvalue weighted by molar-refractivity contribution is 7.89. The number of rotatable bonds is 5. The molecule has 1 aliphatic carbocycles. The second kappa shape index (κ2) is 6.09. The fourth-order valence-corrected chi connectivity index (χ4v) is 6.23. The van der Waals surface area contributed by atoms with Gasteiger partial charge in [0.2, 0.25) is 15.9 Å². The van der Waals surface area contributed by atoms with Gasteiger partial charge in [-0.15, -0.1) is 0 Å². The summed E-state index contributed by atoms with van der Waals surface area (Å²) in [6, 6.07) is 7.60. The van der Waals surface area contributed by atoms with Crippen LogP contribution in [0.2, 0.25) is 0 Å². The summed E-state index contributed by atoms with van der Waals surface area (Å²) < 4.78 is 26.8. The van der Waals surface area contributed by atoms with Gasteiger partial charge in [-0.2, -0.15) is 4.31 Å². The normalized spacial score (nSPS) is 24.7. The van der Waals surface area contributed by atoms with Crippen LogP contribution in [0.15, 0.2) is 24.3 Å². The number of sulfonamides is 1. The summed E-state index contributed by atoms with van der Waals surface area (Å²) in [6.45, 7) is 3.17. The smallest absolute Gasteiger partial charge is 0.245 e. The monoisotopic (exact) mass is 362 g/mol. The predicted molar refractivity (Wildman–Crippen MR) is 98.1 cm³/mol. The van der Waals surface area contributed by atoms with Gasteiger partial charge in [0.1, 0.15) is 6.04 Å². The summed E-state index contributed by atoms with van der Waals surface area (Å²) in [5.74, 6) is 0.113. The van der Waals surface area contributed by atoms with Gasteiger partial charge in [0.05, 0.1) is 5.75 Å². The first-order chi connectivity index (χ1) is 12.0. The SMILES string of the molecule is CCCCS(=O)(=O)N1CCC[C@@H]1C(=O)N1CC2(CC2)c2ccccc21. The molecule has 1 aromatic rings. The molecule has 25 heavy (non-hydrogen) atoms. The van der Waals surface area contributed by atoms with E-state index in [0.717, 1.165) is 31.4 Å². The number of hydrogen-bond acceptors (Lipinski definition) is 3. The zero-order valence-electron chi connectivity index (χ0n) is 14.8. The second-order valence-electron chi connectivity index (χ2n) is 7.66. The lowest BCUT2D eigenvalue weighted by Gasteiger charge is -2.28. The van der Waals surface area contributed by atoms with Gasteiger partial charge in [-0.05, 0) is 43.7 Å². The Morgan fingerprint density at radius 3 is 2.76 bits per heavy atom. The van der Waals surface area contributed by atoms with Crippen molar-refractivity contribution < 1.29 is 13.2 Å². The molecule has 1 atom stereocenters. The van der Waals surface area contributed by atoms with Crippen LogP contribution in [0.4, 0.5) is 5.69 Å². The van der Waals surface area contributed by atoms with Crippen molar-refractivity contribution in [2.75, 3.05) is 23.7 Å². The van der Waals surface area contributed by atoms with E-state index in [1.807, 2.05) is 30.0 Å². The van der Waals surface area contributed by atoms with Gasteiger partial charge in [-0.3, -0.25) is 4.79 Å².